The summed E-state index contributed by atoms with van der Waals surface area (Å²) >= 11 is 0. The zero-order valence-electron chi connectivity index (χ0n) is 33.4. The lowest BCUT2D eigenvalue weighted by atomic mass is 9.73. The summed E-state index contributed by atoms with van der Waals surface area (Å²) in [5.41, 5.74) is -4.68. The predicted octanol–water partition coefficient (Wildman–Crippen LogP) is 2.05. The number of hydrogen-bond donors (Lipinski definition) is 6. The lowest BCUT2D eigenvalue weighted by molar-refractivity contribution is -0.317. The highest BCUT2D eigenvalue weighted by atomic mass is 16.7. The number of rotatable bonds is 7. The fourth-order valence-corrected chi connectivity index (χ4v) is 8.61. The Labute approximate surface area is 309 Å². The molecule has 0 spiro atoms. The smallest absolute Gasteiger partial charge is 0.311 e. The van der Waals surface area contributed by atoms with E-state index in [0.29, 0.717) is 6.42 Å². The van der Waals surface area contributed by atoms with Crippen LogP contribution in [0.4, 0.5) is 0 Å². The Morgan fingerprint density at radius 2 is 1.54 bits per heavy atom. The molecule has 18 atom stereocenters. The van der Waals surface area contributed by atoms with E-state index in [-0.39, 0.29) is 37.1 Å². The van der Waals surface area contributed by atoms with E-state index in [9.17, 15) is 35.5 Å². The maximum atomic E-state index is 14.1. The van der Waals surface area contributed by atoms with Gasteiger partial charge in [0.2, 0.25) is 0 Å². The summed E-state index contributed by atoms with van der Waals surface area (Å²) in [6.45, 7) is 16.6. The van der Waals surface area contributed by atoms with Gasteiger partial charge in [0.25, 0.3) is 0 Å². The summed E-state index contributed by atoms with van der Waals surface area (Å²) < 4.78 is 37.2. The molecule has 0 aliphatic carbocycles. The Bertz CT molecular complexity index is 1200. The first kappa shape index (κ1) is 44.9. The summed E-state index contributed by atoms with van der Waals surface area (Å²) in [7, 11) is 5.19. The van der Waals surface area contributed by atoms with Crippen molar-refractivity contribution < 1.29 is 64.0 Å². The molecule has 15 heteroatoms. The van der Waals surface area contributed by atoms with E-state index in [1.165, 1.54) is 14.0 Å². The molecule has 0 aromatic heterocycles. The third-order valence-corrected chi connectivity index (χ3v) is 12.0. The fraction of sp³-hybridized carbons (Fsp3) is 0.946. The number of nitrogens with zero attached hydrogens (tertiary/aromatic N) is 2. The molecule has 3 heterocycles. The molecule has 304 valence electrons. The van der Waals surface area contributed by atoms with Crippen LogP contribution in [0.1, 0.15) is 94.9 Å². The third kappa shape index (κ3) is 9.47. The summed E-state index contributed by atoms with van der Waals surface area (Å²) in [5.74, 6) is -4.24. The summed E-state index contributed by atoms with van der Waals surface area (Å²) in [6.07, 6.45) is -9.51. The van der Waals surface area contributed by atoms with Crippen molar-refractivity contribution >= 4 is 11.7 Å². The SMILES string of the molecule is CC[C@H]1OC(=O)[C@H](C)[C@@H](O[C@H]2C[C@](C)(OC)[C@H](O)[C@@H](C)O2)[C@H](C)[C@@H](O[C@@H]2O[C@H](C)C[C@H](N(C)C)[C@H]2O)[C@](C)(O)C[C@@H](C)/C(=N\O)[C@H](C)[C@@H](O)[C@]1(C)O. The van der Waals surface area contributed by atoms with Crippen LogP contribution in [0.5, 0.6) is 0 Å². The number of hydrogen-bond acceptors (Lipinski definition) is 15. The predicted molar refractivity (Wildman–Crippen MR) is 190 cm³/mol. The van der Waals surface area contributed by atoms with Gasteiger partial charge in [-0.15, -0.1) is 0 Å². The number of carbonyl (C=O) groups is 1. The monoisotopic (exact) mass is 748 g/mol. The van der Waals surface area contributed by atoms with Crippen LogP contribution < -0.4 is 0 Å². The van der Waals surface area contributed by atoms with Crippen molar-refractivity contribution in [1.29, 1.82) is 0 Å². The number of esters is 1. The molecule has 3 rings (SSSR count). The molecule has 15 nitrogen and oxygen atoms in total. The molecule has 0 unspecified atom stereocenters. The van der Waals surface area contributed by atoms with Gasteiger partial charge in [-0.05, 0) is 74.9 Å². The quantitative estimate of drug-likeness (QED) is 0.125. The van der Waals surface area contributed by atoms with Crippen LogP contribution in [0.2, 0.25) is 0 Å². The van der Waals surface area contributed by atoms with Crippen molar-refractivity contribution in [2.45, 2.75) is 179 Å². The normalized spacial score (nSPS) is 49.8. The van der Waals surface area contributed by atoms with Gasteiger partial charge < -0.3 is 64.1 Å². The topological polar surface area (TPSA) is 209 Å². The minimum Gasteiger partial charge on any atom is -0.459 e. The van der Waals surface area contributed by atoms with Crippen molar-refractivity contribution in [3.63, 3.8) is 0 Å². The number of oxime groups is 1. The molecule has 3 aliphatic rings. The second kappa shape index (κ2) is 17.5. The highest BCUT2D eigenvalue weighted by Crippen LogP contribution is 2.41. The molecule has 3 saturated heterocycles. The van der Waals surface area contributed by atoms with Gasteiger partial charge in [0.15, 0.2) is 12.6 Å². The number of aliphatic hydroxyl groups is 5. The fourth-order valence-electron chi connectivity index (χ4n) is 8.61. The van der Waals surface area contributed by atoms with E-state index < -0.39 is 102 Å². The van der Waals surface area contributed by atoms with E-state index in [1.807, 2.05) is 25.9 Å². The molecule has 0 bridgehead atoms. The van der Waals surface area contributed by atoms with Gasteiger partial charge in [-0.2, -0.15) is 0 Å². The molecule has 0 radical (unpaired) electrons. The first-order valence-corrected chi connectivity index (χ1v) is 18.7. The lowest BCUT2D eigenvalue weighted by Crippen LogP contribution is -2.61. The van der Waals surface area contributed by atoms with Crippen LogP contribution in [-0.2, 0) is 33.2 Å². The third-order valence-electron chi connectivity index (χ3n) is 12.0. The summed E-state index contributed by atoms with van der Waals surface area (Å²) in [4.78, 5) is 16.0. The molecule has 0 aromatic carbocycles. The molecule has 3 fully saturated rings. The maximum Gasteiger partial charge on any atom is 0.311 e. The van der Waals surface area contributed by atoms with Gasteiger partial charge in [-0.3, -0.25) is 4.79 Å². The van der Waals surface area contributed by atoms with Crippen molar-refractivity contribution in [2.75, 3.05) is 21.2 Å². The zero-order valence-corrected chi connectivity index (χ0v) is 33.4. The van der Waals surface area contributed by atoms with Crippen LogP contribution >= 0.6 is 0 Å². The lowest BCUT2D eigenvalue weighted by Gasteiger charge is -2.49. The minimum absolute atomic E-state index is 0.0657. The molecule has 52 heavy (non-hydrogen) atoms. The Balaban J connectivity index is 2.21. The average molecular weight is 749 g/mol. The van der Waals surface area contributed by atoms with Crippen molar-refractivity contribution in [1.82, 2.24) is 4.90 Å². The molecular formula is C37H68N2O13. The molecule has 0 saturated carbocycles. The van der Waals surface area contributed by atoms with E-state index in [2.05, 4.69) is 5.16 Å². The summed E-state index contributed by atoms with van der Waals surface area (Å²) in [5, 5.41) is 71.8. The second-order valence-corrected chi connectivity index (χ2v) is 16.6. The van der Waals surface area contributed by atoms with E-state index in [1.54, 1.807) is 55.4 Å². The van der Waals surface area contributed by atoms with E-state index in [0.717, 1.165) is 0 Å². The molecule has 0 aromatic rings. The standard InChI is InChI=1S/C37H68N2O13/c1-14-25-37(10,45)30(41)20(4)27(38-46)18(2)16-35(8,44)32(52-34-28(40)24(39(11)12)15-19(3)48-34)21(5)29(22(6)33(43)50-25)51-26-17-36(9,47-13)31(42)23(7)49-26/h18-26,28-32,34,40-42,44-46H,14-17H2,1-13H3/b38-27+/t18-,19-,20+,21+,22-,23-,24+,25-,26+,28-,29+,30-,31-,32-,34+,35-,36+,37-/m1/s1. The molecule has 0 amide bonds. The van der Waals surface area contributed by atoms with Crippen molar-refractivity contribution in [3.8, 4) is 0 Å². The highest BCUT2D eigenvalue weighted by molar-refractivity contribution is 5.88. The average Bonchev–Trinajstić information content (AvgIpc) is 3.06. The molecule has 3 aliphatic heterocycles. The number of likely N-dealkylation sites (N-methyl/N-ethyl adjacent to an activating group) is 1. The van der Waals surface area contributed by atoms with Gasteiger partial charge in [0.1, 0.15) is 23.9 Å². The van der Waals surface area contributed by atoms with Crippen LogP contribution in [0.3, 0.4) is 0 Å². The van der Waals surface area contributed by atoms with Gasteiger partial charge in [0.05, 0.1) is 53.4 Å². The minimum atomic E-state index is -1.97. The van der Waals surface area contributed by atoms with Crippen LogP contribution in [0, 0.1) is 23.7 Å². The van der Waals surface area contributed by atoms with Crippen LogP contribution in [-0.4, -0.2) is 153 Å². The number of methoxy groups -OCH3 is 1. The zero-order chi connectivity index (χ0) is 39.7. The van der Waals surface area contributed by atoms with Crippen LogP contribution in [0.15, 0.2) is 5.16 Å². The number of aliphatic hydroxyl groups excluding tert-OH is 3. The Kier molecular flexibility index (Phi) is 15.1. The van der Waals surface area contributed by atoms with E-state index in [4.69, 9.17) is 28.4 Å². The number of carbonyl (C=O) groups excluding carboxylic acids is 1. The Morgan fingerprint density at radius 3 is 2.08 bits per heavy atom. The van der Waals surface area contributed by atoms with Crippen LogP contribution in [0.25, 0.3) is 0 Å². The van der Waals surface area contributed by atoms with Gasteiger partial charge in [-0.1, -0.05) is 32.9 Å². The number of cyclic esters (lactones) is 1. The number of ether oxygens (including phenoxy) is 6. The van der Waals surface area contributed by atoms with Gasteiger partial charge in [0, 0.05) is 37.3 Å². The van der Waals surface area contributed by atoms with Crippen molar-refractivity contribution in [2.24, 2.45) is 28.8 Å². The molecular weight excluding hydrogens is 680 g/mol. The van der Waals surface area contributed by atoms with Gasteiger partial charge in [-0.25, -0.2) is 0 Å². The first-order valence-electron chi connectivity index (χ1n) is 18.7. The van der Waals surface area contributed by atoms with Crippen molar-refractivity contribution in [3.05, 3.63) is 0 Å². The molecule has 6 N–H and O–H groups in total. The van der Waals surface area contributed by atoms with Gasteiger partial charge >= 0.3 is 5.97 Å². The Hall–Kier alpha value is -1.50. The Morgan fingerprint density at radius 1 is 0.923 bits per heavy atom. The first-order chi connectivity index (χ1) is 24.0. The largest absolute Gasteiger partial charge is 0.459 e. The highest BCUT2D eigenvalue weighted by Gasteiger charge is 2.53. The maximum absolute atomic E-state index is 14.1. The summed E-state index contributed by atoms with van der Waals surface area (Å²) in [6, 6.07) is -0.322. The second-order valence-electron chi connectivity index (χ2n) is 16.6. The van der Waals surface area contributed by atoms with E-state index >= 15 is 0 Å².